The highest BCUT2D eigenvalue weighted by atomic mass is 35.6. The molecule has 0 aromatic rings. The fourth-order valence-electron chi connectivity index (χ4n) is 4.37. The summed E-state index contributed by atoms with van der Waals surface area (Å²) in [5.74, 6) is 6.39. The van der Waals surface area contributed by atoms with E-state index in [1.54, 1.807) is 32.1 Å². The average Bonchev–Trinajstić information content (AvgIpc) is 2.17. The maximum atomic E-state index is 4.90. The maximum Gasteiger partial charge on any atom is 0.618 e. The summed E-state index contributed by atoms with van der Waals surface area (Å²) in [7, 11) is 9.81. The van der Waals surface area contributed by atoms with Crippen molar-refractivity contribution in [1.82, 2.24) is 0 Å². The van der Waals surface area contributed by atoms with Crippen LogP contribution in [-0.4, -0.2) is 18.2 Å². The zero-order valence-electron chi connectivity index (χ0n) is 9.52. The van der Waals surface area contributed by atoms with E-state index in [1.807, 2.05) is 5.92 Å². The molecule has 0 heterocycles. The Balaban J connectivity index is 0.000000258. The molecule has 4 aliphatic rings. The van der Waals surface area contributed by atoms with Gasteiger partial charge in [0.1, 0.15) is 0 Å². The molecule has 0 N–H and O–H groups in total. The predicted octanol–water partition coefficient (Wildman–Crippen LogP) is 4.43. The van der Waals surface area contributed by atoms with Gasteiger partial charge in [-0.05, 0) is 68.1 Å². The van der Waals surface area contributed by atoms with E-state index in [4.69, 9.17) is 18.1 Å². The van der Waals surface area contributed by atoms with Crippen LogP contribution in [0.5, 0.6) is 0 Å². The summed E-state index contributed by atoms with van der Waals surface area (Å²) in [4.78, 5) is 0. The molecule has 0 spiro atoms. The third-order valence-electron chi connectivity index (χ3n) is 4.60. The van der Waals surface area contributed by atoms with Crippen LogP contribution in [0.1, 0.15) is 45.4 Å². The minimum Gasteiger partial charge on any atom is -0.309 e. The molecule has 4 saturated carbocycles. The van der Waals surface area contributed by atoms with Gasteiger partial charge in [-0.1, -0.05) is 6.92 Å². The number of halogens is 2. The van der Waals surface area contributed by atoms with Gasteiger partial charge in [0.05, 0.1) is 0 Å². The molecule has 3 heteroatoms. The summed E-state index contributed by atoms with van der Waals surface area (Å²) in [6, 6.07) is 0. The molecule has 0 nitrogen and oxygen atoms in total. The molecule has 4 rings (SSSR count). The Morgan fingerprint density at radius 3 is 1.73 bits per heavy atom. The van der Waals surface area contributed by atoms with Gasteiger partial charge in [-0.3, -0.25) is 0 Å². The molecular formula is C12H19Cl2Mg. The zero-order chi connectivity index (χ0) is 10.8. The SMILES string of the molecule is CC[C]1C2CC3CC(C2)CC1C3.[Cl][Mg][Cl]. The second-order valence-electron chi connectivity index (χ2n) is 5.33. The third kappa shape index (κ3) is 2.78. The third-order valence-corrected chi connectivity index (χ3v) is 4.60. The Labute approximate surface area is 111 Å². The van der Waals surface area contributed by atoms with E-state index in [0.717, 1.165) is 23.7 Å². The highest BCUT2D eigenvalue weighted by Gasteiger charge is 2.47. The van der Waals surface area contributed by atoms with Crippen molar-refractivity contribution in [3.8, 4) is 0 Å². The Morgan fingerprint density at radius 1 is 1.00 bits per heavy atom. The van der Waals surface area contributed by atoms with Gasteiger partial charge >= 0.3 is 18.2 Å². The second-order valence-corrected chi connectivity index (χ2v) is 7.96. The molecule has 0 aliphatic heterocycles. The summed E-state index contributed by atoms with van der Waals surface area (Å²) in [5, 5.41) is 0. The topological polar surface area (TPSA) is 0 Å². The highest BCUT2D eigenvalue weighted by Crippen LogP contribution is 2.58. The van der Waals surface area contributed by atoms with Crippen molar-refractivity contribution in [3.05, 3.63) is 5.92 Å². The smallest absolute Gasteiger partial charge is 0.309 e. The summed E-state index contributed by atoms with van der Waals surface area (Å²) in [5.41, 5.74) is 0. The molecular weight excluding hydrogens is 239 g/mol. The molecule has 4 fully saturated rings. The first-order chi connectivity index (χ1) is 7.28. The van der Waals surface area contributed by atoms with Gasteiger partial charge < -0.3 is 18.1 Å². The van der Waals surface area contributed by atoms with E-state index in [0.29, 0.717) is 0 Å². The van der Waals surface area contributed by atoms with Crippen LogP contribution < -0.4 is 0 Å². The first-order valence-electron chi connectivity index (χ1n) is 6.26. The van der Waals surface area contributed by atoms with Crippen LogP contribution in [0, 0.1) is 29.6 Å². The van der Waals surface area contributed by atoms with E-state index < -0.39 is 18.2 Å². The van der Waals surface area contributed by atoms with Crippen LogP contribution >= 0.6 is 18.1 Å². The van der Waals surface area contributed by atoms with Crippen molar-refractivity contribution in [3.63, 3.8) is 0 Å². The summed E-state index contributed by atoms with van der Waals surface area (Å²) in [6.45, 7) is 2.37. The lowest BCUT2D eigenvalue weighted by Gasteiger charge is -2.54. The largest absolute Gasteiger partial charge is 0.618 e. The molecule has 0 unspecified atom stereocenters. The standard InChI is InChI=1S/C12H19.2ClH.Mg/c1-2-12-10-4-8-3-9(6-10)7-11(12)5-8;;;/h8-11H,2-7H2,1H3;2*1H;/q;;;+2/p-2. The summed E-state index contributed by atoms with van der Waals surface area (Å²) >= 11 is -0.639. The lowest BCUT2D eigenvalue weighted by molar-refractivity contribution is 0.0385. The Kier molecular flexibility index (Phi) is 4.94. The average molecular weight is 258 g/mol. The molecule has 4 aliphatic carbocycles. The van der Waals surface area contributed by atoms with Crippen LogP contribution in [0.25, 0.3) is 0 Å². The Morgan fingerprint density at radius 2 is 1.40 bits per heavy atom. The summed E-state index contributed by atoms with van der Waals surface area (Å²) in [6.07, 6.45) is 9.23. The Bertz CT molecular complexity index is 180. The van der Waals surface area contributed by atoms with Gasteiger partial charge in [-0.2, -0.15) is 0 Å². The van der Waals surface area contributed by atoms with E-state index in [-0.39, 0.29) is 0 Å². The van der Waals surface area contributed by atoms with E-state index >= 15 is 0 Å². The van der Waals surface area contributed by atoms with Gasteiger partial charge in [-0.15, -0.1) is 0 Å². The van der Waals surface area contributed by atoms with Gasteiger partial charge in [-0.25, -0.2) is 0 Å². The van der Waals surface area contributed by atoms with Crippen molar-refractivity contribution in [2.45, 2.75) is 45.4 Å². The molecule has 15 heavy (non-hydrogen) atoms. The first kappa shape index (κ1) is 12.8. The van der Waals surface area contributed by atoms with Crippen LogP contribution in [-0.2, 0) is 0 Å². The van der Waals surface area contributed by atoms with E-state index in [9.17, 15) is 0 Å². The normalized spacial score (nSPS) is 42.1. The molecule has 0 amide bonds. The van der Waals surface area contributed by atoms with Gasteiger partial charge in [0.25, 0.3) is 0 Å². The van der Waals surface area contributed by atoms with E-state index in [2.05, 4.69) is 6.92 Å². The minimum absolute atomic E-state index is 0.639. The summed E-state index contributed by atoms with van der Waals surface area (Å²) < 4.78 is 0. The molecule has 83 valence electrons. The second kappa shape index (κ2) is 5.79. The predicted molar refractivity (Wildman–Crippen MR) is 68.0 cm³/mol. The minimum atomic E-state index is -0.639. The zero-order valence-corrected chi connectivity index (χ0v) is 12.4. The quantitative estimate of drug-likeness (QED) is 0.611. The fraction of sp³-hybridized carbons (Fsp3) is 0.917. The van der Waals surface area contributed by atoms with Crippen LogP contribution in [0.2, 0.25) is 0 Å². The Hall–Kier alpha value is 1.35. The van der Waals surface area contributed by atoms with E-state index in [1.165, 1.54) is 6.42 Å². The van der Waals surface area contributed by atoms with Crippen molar-refractivity contribution < 1.29 is 0 Å². The van der Waals surface area contributed by atoms with Crippen molar-refractivity contribution in [2.75, 3.05) is 0 Å². The number of hydrogen-bond donors (Lipinski definition) is 0. The maximum absolute atomic E-state index is 4.90. The van der Waals surface area contributed by atoms with Crippen molar-refractivity contribution in [2.24, 2.45) is 23.7 Å². The van der Waals surface area contributed by atoms with Crippen molar-refractivity contribution >= 4 is 36.3 Å². The van der Waals surface area contributed by atoms with Gasteiger partial charge in [0, 0.05) is 0 Å². The molecule has 4 bridgehead atoms. The lowest BCUT2D eigenvalue weighted by atomic mass is 9.51. The number of rotatable bonds is 1. The van der Waals surface area contributed by atoms with Gasteiger partial charge in [0.2, 0.25) is 0 Å². The lowest BCUT2D eigenvalue weighted by Crippen LogP contribution is -2.43. The molecule has 0 atom stereocenters. The molecule has 0 aromatic carbocycles. The van der Waals surface area contributed by atoms with Crippen LogP contribution in [0.3, 0.4) is 0 Å². The molecule has 0 aromatic heterocycles. The highest BCUT2D eigenvalue weighted by molar-refractivity contribution is 7.22. The fourth-order valence-corrected chi connectivity index (χ4v) is 4.37. The van der Waals surface area contributed by atoms with Crippen LogP contribution in [0.15, 0.2) is 0 Å². The number of hydrogen-bond acceptors (Lipinski definition) is 0. The van der Waals surface area contributed by atoms with Crippen molar-refractivity contribution in [1.29, 1.82) is 0 Å². The molecule has 0 saturated heterocycles. The monoisotopic (exact) mass is 257 g/mol. The molecule has 1 radical (unpaired) electrons. The van der Waals surface area contributed by atoms with Crippen LogP contribution in [0.4, 0.5) is 0 Å². The first-order valence-corrected chi connectivity index (χ1v) is 10.5. The van der Waals surface area contributed by atoms with Gasteiger partial charge in [0.15, 0.2) is 0 Å².